The highest BCUT2D eigenvalue weighted by Crippen LogP contribution is 2.19. The van der Waals surface area contributed by atoms with Gasteiger partial charge in [0.1, 0.15) is 11.4 Å². The maximum atomic E-state index is 12.0. The molecule has 0 bridgehead atoms. The Morgan fingerprint density at radius 1 is 1.27 bits per heavy atom. The second-order valence-corrected chi connectivity index (χ2v) is 5.38. The summed E-state index contributed by atoms with van der Waals surface area (Å²) in [6.45, 7) is -1.07. The topological polar surface area (TPSA) is 54.1 Å². The summed E-state index contributed by atoms with van der Waals surface area (Å²) in [5, 5.41) is 2.69. The molecule has 1 aromatic carbocycles. The number of carbonyl (C=O) groups is 1. The number of halogens is 4. The summed E-state index contributed by atoms with van der Waals surface area (Å²) >= 11 is 3.23. The van der Waals surface area contributed by atoms with Crippen LogP contribution in [-0.4, -0.2) is 23.7 Å². The number of amides is 1. The van der Waals surface area contributed by atoms with Crippen molar-refractivity contribution in [3.05, 3.63) is 52.3 Å². The van der Waals surface area contributed by atoms with E-state index in [0.29, 0.717) is 5.69 Å². The average molecular weight is 377 g/mol. The van der Waals surface area contributed by atoms with E-state index in [0.717, 1.165) is 10.0 Å². The Morgan fingerprint density at radius 3 is 2.50 bits per heavy atom. The fourth-order valence-electron chi connectivity index (χ4n) is 1.65. The largest absolute Gasteiger partial charge is 0.484 e. The molecular weight excluding hydrogens is 365 g/mol. The molecule has 1 amide bonds. The lowest BCUT2D eigenvalue weighted by atomic mass is 10.2. The van der Waals surface area contributed by atoms with Crippen LogP contribution in [0, 0.1) is 0 Å². The number of hydrogen-bond donors (Lipinski definition) is 2. The second-order valence-electron chi connectivity index (χ2n) is 4.46. The van der Waals surface area contributed by atoms with E-state index in [4.69, 9.17) is 0 Å². The molecule has 0 saturated heterocycles. The SMILES string of the molecule is O=C(NCc1ccc(OCC(F)(F)F)cc1)c1cc(Br)c[nH]1. The highest BCUT2D eigenvalue weighted by atomic mass is 79.9. The van der Waals surface area contributed by atoms with Gasteiger partial charge in [-0.3, -0.25) is 4.79 Å². The molecule has 0 spiro atoms. The van der Waals surface area contributed by atoms with Crippen molar-refractivity contribution in [2.24, 2.45) is 0 Å². The number of benzene rings is 1. The van der Waals surface area contributed by atoms with Crippen molar-refractivity contribution in [1.82, 2.24) is 10.3 Å². The Kier molecular flexibility index (Phi) is 5.12. The molecule has 1 heterocycles. The predicted octanol–water partition coefficient (Wildman–Crippen LogP) is 3.65. The number of alkyl halides is 3. The standard InChI is InChI=1S/C14H12BrF3N2O2/c15-10-5-12(19-7-10)13(21)20-6-9-1-3-11(4-2-9)22-8-14(16,17)18/h1-5,7,19H,6,8H2,(H,20,21). The Bertz CT molecular complexity index is 638. The molecule has 0 unspecified atom stereocenters. The number of aromatic amines is 1. The van der Waals surface area contributed by atoms with Gasteiger partial charge in [0.15, 0.2) is 6.61 Å². The molecule has 0 atom stereocenters. The molecule has 0 aliphatic rings. The predicted molar refractivity (Wildman–Crippen MR) is 77.7 cm³/mol. The molecule has 0 radical (unpaired) electrons. The third-order valence-electron chi connectivity index (χ3n) is 2.67. The van der Waals surface area contributed by atoms with E-state index in [1.807, 2.05) is 0 Å². The van der Waals surface area contributed by atoms with E-state index in [2.05, 4.69) is 31.0 Å². The van der Waals surface area contributed by atoms with Gasteiger partial charge < -0.3 is 15.0 Å². The average Bonchev–Trinajstić information content (AvgIpc) is 2.89. The minimum Gasteiger partial charge on any atom is -0.484 e. The van der Waals surface area contributed by atoms with Crippen molar-refractivity contribution in [1.29, 1.82) is 0 Å². The van der Waals surface area contributed by atoms with Crippen LogP contribution in [0.1, 0.15) is 16.1 Å². The van der Waals surface area contributed by atoms with Gasteiger partial charge in [-0.15, -0.1) is 0 Å². The van der Waals surface area contributed by atoms with Crippen molar-refractivity contribution in [3.8, 4) is 5.75 Å². The smallest absolute Gasteiger partial charge is 0.422 e. The molecule has 8 heteroatoms. The zero-order valence-electron chi connectivity index (χ0n) is 11.2. The molecule has 4 nitrogen and oxygen atoms in total. The second kappa shape index (κ2) is 6.87. The number of hydrogen-bond acceptors (Lipinski definition) is 2. The van der Waals surface area contributed by atoms with E-state index in [1.54, 1.807) is 24.4 Å². The van der Waals surface area contributed by atoms with Crippen LogP contribution in [0.5, 0.6) is 5.75 Å². The van der Waals surface area contributed by atoms with Gasteiger partial charge in [0.05, 0.1) is 0 Å². The summed E-state index contributed by atoms with van der Waals surface area (Å²) in [6.07, 6.45) is -2.72. The molecule has 0 saturated carbocycles. The molecule has 2 N–H and O–H groups in total. The van der Waals surface area contributed by atoms with Gasteiger partial charge >= 0.3 is 6.18 Å². The van der Waals surface area contributed by atoms with Gasteiger partial charge in [0, 0.05) is 17.2 Å². The summed E-state index contributed by atoms with van der Waals surface area (Å²) in [5.74, 6) is -0.149. The van der Waals surface area contributed by atoms with Crippen LogP contribution in [0.3, 0.4) is 0 Å². The number of aromatic nitrogens is 1. The van der Waals surface area contributed by atoms with Crippen LogP contribution in [0.4, 0.5) is 13.2 Å². The van der Waals surface area contributed by atoms with E-state index in [-0.39, 0.29) is 18.2 Å². The van der Waals surface area contributed by atoms with Gasteiger partial charge in [0.25, 0.3) is 5.91 Å². The van der Waals surface area contributed by atoms with Crippen molar-refractivity contribution in [3.63, 3.8) is 0 Å². The molecule has 2 rings (SSSR count). The zero-order valence-corrected chi connectivity index (χ0v) is 12.8. The monoisotopic (exact) mass is 376 g/mol. The Labute approximate surface area is 132 Å². The van der Waals surface area contributed by atoms with Gasteiger partial charge in [-0.05, 0) is 39.7 Å². The van der Waals surface area contributed by atoms with Crippen molar-refractivity contribution in [2.45, 2.75) is 12.7 Å². The number of nitrogens with one attached hydrogen (secondary N) is 2. The lowest BCUT2D eigenvalue weighted by molar-refractivity contribution is -0.153. The molecule has 22 heavy (non-hydrogen) atoms. The quantitative estimate of drug-likeness (QED) is 0.836. The van der Waals surface area contributed by atoms with E-state index in [1.165, 1.54) is 12.1 Å². The Balaban J connectivity index is 1.85. The minimum absolute atomic E-state index is 0.126. The number of rotatable bonds is 5. The minimum atomic E-state index is -4.36. The van der Waals surface area contributed by atoms with Crippen LogP contribution in [0.2, 0.25) is 0 Å². The molecule has 118 valence electrons. The van der Waals surface area contributed by atoms with Gasteiger partial charge in [-0.2, -0.15) is 13.2 Å². The molecule has 0 fully saturated rings. The van der Waals surface area contributed by atoms with Gasteiger partial charge in [-0.1, -0.05) is 12.1 Å². The first kappa shape index (κ1) is 16.4. The maximum Gasteiger partial charge on any atom is 0.422 e. The first-order valence-corrected chi connectivity index (χ1v) is 7.03. The maximum absolute atomic E-state index is 12.0. The first-order valence-electron chi connectivity index (χ1n) is 6.24. The Morgan fingerprint density at radius 2 is 1.95 bits per heavy atom. The number of H-pyrrole nitrogens is 1. The third-order valence-corrected chi connectivity index (χ3v) is 3.13. The fourth-order valence-corrected chi connectivity index (χ4v) is 1.99. The lowest BCUT2D eigenvalue weighted by Gasteiger charge is -2.10. The van der Waals surface area contributed by atoms with Gasteiger partial charge in [-0.25, -0.2) is 0 Å². The summed E-state index contributed by atoms with van der Waals surface area (Å²) in [4.78, 5) is 14.6. The molecule has 1 aromatic heterocycles. The van der Waals surface area contributed by atoms with E-state index < -0.39 is 12.8 Å². The highest BCUT2D eigenvalue weighted by molar-refractivity contribution is 9.10. The summed E-state index contributed by atoms with van der Waals surface area (Å²) in [6, 6.07) is 7.69. The number of carbonyl (C=O) groups excluding carboxylic acids is 1. The molecule has 0 aliphatic heterocycles. The fraction of sp³-hybridized carbons (Fsp3) is 0.214. The van der Waals surface area contributed by atoms with Crippen molar-refractivity contribution < 1.29 is 22.7 Å². The summed E-state index contributed by atoms with van der Waals surface area (Å²) in [7, 11) is 0. The van der Waals surface area contributed by atoms with Crippen molar-refractivity contribution in [2.75, 3.05) is 6.61 Å². The van der Waals surface area contributed by atoms with Crippen LogP contribution < -0.4 is 10.1 Å². The van der Waals surface area contributed by atoms with Crippen LogP contribution >= 0.6 is 15.9 Å². The van der Waals surface area contributed by atoms with Crippen molar-refractivity contribution >= 4 is 21.8 Å². The summed E-state index contributed by atoms with van der Waals surface area (Å²) in [5.41, 5.74) is 1.16. The van der Waals surface area contributed by atoms with E-state index >= 15 is 0 Å². The zero-order chi connectivity index (χ0) is 16.2. The summed E-state index contributed by atoms with van der Waals surface area (Å²) < 4.78 is 41.4. The molecular formula is C14H12BrF3N2O2. The van der Waals surface area contributed by atoms with E-state index in [9.17, 15) is 18.0 Å². The number of ether oxygens (including phenoxy) is 1. The normalized spacial score (nSPS) is 11.3. The van der Waals surface area contributed by atoms with Crippen LogP contribution in [-0.2, 0) is 6.54 Å². The highest BCUT2D eigenvalue weighted by Gasteiger charge is 2.28. The van der Waals surface area contributed by atoms with Crippen LogP contribution in [0.25, 0.3) is 0 Å². The Hall–Kier alpha value is -1.96. The first-order chi connectivity index (χ1) is 10.3. The third kappa shape index (κ3) is 5.10. The molecule has 2 aromatic rings. The van der Waals surface area contributed by atoms with Gasteiger partial charge in [0.2, 0.25) is 0 Å². The molecule has 0 aliphatic carbocycles. The van der Waals surface area contributed by atoms with Crippen LogP contribution in [0.15, 0.2) is 41.0 Å². The lowest BCUT2D eigenvalue weighted by Crippen LogP contribution is -2.23.